The molecular formula is C27H20N2O3. The van der Waals surface area contributed by atoms with Gasteiger partial charge in [-0.25, -0.2) is 0 Å². The van der Waals surface area contributed by atoms with Crippen LogP contribution >= 0.6 is 0 Å². The Kier molecular flexibility index (Phi) is 6.18. The Bertz CT molecular complexity index is 1130. The van der Waals surface area contributed by atoms with Crippen molar-refractivity contribution in [2.45, 2.75) is 0 Å². The van der Waals surface area contributed by atoms with Gasteiger partial charge in [-0.05, 0) is 72.8 Å². The highest BCUT2D eigenvalue weighted by atomic mass is 16.2. The number of amides is 2. The Labute approximate surface area is 185 Å². The molecule has 0 atom stereocenters. The standard InChI is InChI=1S/C27H20N2O3/c30-25(19-11-15-23(16-12-19)28-26(31)21-7-3-1-4-8-21)20-13-17-24(18-14-20)29-27(32)22-9-5-2-6-10-22/h1-18H,(H,28,31)(H,29,32). The van der Waals surface area contributed by atoms with Crippen molar-refractivity contribution in [2.24, 2.45) is 0 Å². The summed E-state index contributed by atoms with van der Waals surface area (Å²) >= 11 is 0. The van der Waals surface area contributed by atoms with Crippen molar-refractivity contribution < 1.29 is 14.4 Å². The molecule has 156 valence electrons. The SMILES string of the molecule is O=C(Nc1ccc(C(=O)c2ccc(NC(=O)c3ccccc3)cc2)cc1)c1ccccc1. The predicted molar refractivity (Wildman–Crippen MR) is 125 cm³/mol. The first kappa shape index (κ1) is 20.8. The number of ketones is 1. The van der Waals surface area contributed by atoms with Crippen molar-refractivity contribution in [3.05, 3.63) is 131 Å². The summed E-state index contributed by atoms with van der Waals surface area (Å²) in [5.41, 5.74) is 3.34. The van der Waals surface area contributed by atoms with Crippen LogP contribution in [0.3, 0.4) is 0 Å². The van der Waals surface area contributed by atoms with Crippen LogP contribution in [0.25, 0.3) is 0 Å². The molecule has 2 amide bonds. The van der Waals surface area contributed by atoms with Gasteiger partial charge in [0.2, 0.25) is 0 Å². The van der Waals surface area contributed by atoms with E-state index in [-0.39, 0.29) is 17.6 Å². The van der Waals surface area contributed by atoms with E-state index in [1.807, 2.05) is 12.1 Å². The molecule has 0 aliphatic heterocycles. The number of carbonyl (C=O) groups excluding carboxylic acids is 3. The van der Waals surface area contributed by atoms with E-state index >= 15 is 0 Å². The summed E-state index contributed by atoms with van der Waals surface area (Å²) < 4.78 is 0. The first-order chi connectivity index (χ1) is 15.6. The molecule has 0 aliphatic rings. The van der Waals surface area contributed by atoms with Crippen molar-refractivity contribution in [3.8, 4) is 0 Å². The van der Waals surface area contributed by atoms with Gasteiger partial charge in [-0.1, -0.05) is 36.4 Å². The summed E-state index contributed by atoms with van der Waals surface area (Å²) in [6.45, 7) is 0. The van der Waals surface area contributed by atoms with Gasteiger partial charge in [0.25, 0.3) is 11.8 Å². The van der Waals surface area contributed by atoms with Gasteiger partial charge in [0, 0.05) is 33.6 Å². The predicted octanol–water partition coefficient (Wildman–Crippen LogP) is 5.42. The highest BCUT2D eigenvalue weighted by Crippen LogP contribution is 2.17. The van der Waals surface area contributed by atoms with E-state index in [9.17, 15) is 14.4 Å². The third-order valence-electron chi connectivity index (χ3n) is 4.88. The maximum absolute atomic E-state index is 12.8. The number of anilines is 2. The average Bonchev–Trinajstić information content (AvgIpc) is 2.85. The van der Waals surface area contributed by atoms with E-state index in [2.05, 4.69) is 10.6 Å². The summed E-state index contributed by atoms with van der Waals surface area (Å²) in [5, 5.41) is 5.63. The minimum atomic E-state index is -0.210. The van der Waals surface area contributed by atoms with E-state index in [0.29, 0.717) is 33.6 Å². The zero-order valence-corrected chi connectivity index (χ0v) is 17.1. The van der Waals surface area contributed by atoms with Crippen LogP contribution in [0.4, 0.5) is 11.4 Å². The molecule has 5 nitrogen and oxygen atoms in total. The molecule has 0 bridgehead atoms. The fourth-order valence-corrected chi connectivity index (χ4v) is 3.16. The molecule has 0 saturated carbocycles. The molecular weight excluding hydrogens is 400 g/mol. The molecule has 0 aromatic heterocycles. The summed E-state index contributed by atoms with van der Waals surface area (Å²) in [7, 11) is 0. The Morgan fingerprint density at radius 3 is 1.09 bits per heavy atom. The van der Waals surface area contributed by atoms with Gasteiger partial charge in [0.05, 0.1) is 0 Å². The van der Waals surface area contributed by atoms with Crippen molar-refractivity contribution >= 4 is 29.0 Å². The van der Waals surface area contributed by atoms with Gasteiger partial charge < -0.3 is 10.6 Å². The molecule has 0 heterocycles. The average molecular weight is 420 g/mol. The van der Waals surface area contributed by atoms with Gasteiger partial charge >= 0.3 is 0 Å². The Balaban J connectivity index is 1.39. The molecule has 0 aliphatic carbocycles. The second kappa shape index (κ2) is 9.53. The summed E-state index contributed by atoms with van der Waals surface area (Å²) in [4.78, 5) is 37.3. The quantitative estimate of drug-likeness (QED) is 0.409. The molecule has 32 heavy (non-hydrogen) atoms. The smallest absolute Gasteiger partial charge is 0.255 e. The number of hydrogen-bond donors (Lipinski definition) is 2. The lowest BCUT2D eigenvalue weighted by molar-refractivity contribution is 0.101. The van der Waals surface area contributed by atoms with E-state index < -0.39 is 0 Å². The molecule has 4 rings (SSSR count). The van der Waals surface area contributed by atoms with E-state index in [4.69, 9.17) is 0 Å². The van der Waals surface area contributed by atoms with Crippen LogP contribution in [-0.2, 0) is 0 Å². The molecule has 5 heteroatoms. The van der Waals surface area contributed by atoms with Gasteiger partial charge in [0.15, 0.2) is 5.78 Å². The molecule has 2 N–H and O–H groups in total. The van der Waals surface area contributed by atoms with Crippen molar-refractivity contribution in [3.63, 3.8) is 0 Å². The number of hydrogen-bond acceptors (Lipinski definition) is 3. The molecule has 0 spiro atoms. The summed E-state index contributed by atoms with van der Waals surface area (Å²) in [5.74, 6) is -0.567. The summed E-state index contributed by atoms with van der Waals surface area (Å²) in [6, 6.07) is 31.3. The molecule has 0 radical (unpaired) electrons. The normalized spacial score (nSPS) is 10.2. The van der Waals surface area contributed by atoms with Crippen molar-refractivity contribution in [2.75, 3.05) is 10.6 Å². The summed E-state index contributed by atoms with van der Waals surface area (Å²) in [6.07, 6.45) is 0. The second-order valence-electron chi connectivity index (χ2n) is 7.12. The lowest BCUT2D eigenvalue weighted by atomic mass is 10.0. The first-order valence-corrected chi connectivity index (χ1v) is 10.1. The van der Waals surface area contributed by atoms with E-state index in [0.717, 1.165) is 0 Å². The van der Waals surface area contributed by atoms with Crippen molar-refractivity contribution in [1.29, 1.82) is 0 Å². The topological polar surface area (TPSA) is 75.3 Å². The molecule has 4 aromatic carbocycles. The minimum Gasteiger partial charge on any atom is -0.322 e. The number of carbonyl (C=O) groups is 3. The Hall–Kier alpha value is -4.51. The third-order valence-corrected chi connectivity index (χ3v) is 4.88. The van der Waals surface area contributed by atoms with Gasteiger partial charge in [-0.3, -0.25) is 14.4 Å². The van der Waals surface area contributed by atoms with Gasteiger partial charge in [0.1, 0.15) is 0 Å². The molecule has 0 saturated heterocycles. The van der Waals surface area contributed by atoms with Crippen LogP contribution < -0.4 is 10.6 Å². The van der Waals surface area contributed by atoms with Crippen molar-refractivity contribution in [1.82, 2.24) is 0 Å². The monoisotopic (exact) mass is 420 g/mol. The Morgan fingerprint density at radius 1 is 0.406 bits per heavy atom. The van der Waals surface area contributed by atoms with Gasteiger partial charge in [-0.2, -0.15) is 0 Å². The van der Waals surface area contributed by atoms with E-state index in [1.54, 1.807) is 97.1 Å². The number of rotatable bonds is 6. The molecule has 0 unspecified atom stereocenters. The maximum Gasteiger partial charge on any atom is 0.255 e. The fourth-order valence-electron chi connectivity index (χ4n) is 3.16. The van der Waals surface area contributed by atoms with Crippen LogP contribution in [-0.4, -0.2) is 17.6 Å². The zero-order valence-electron chi connectivity index (χ0n) is 17.1. The fraction of sp³-hybridized carbons (Fsp3) is 0. The van der Waals surface area contributed by atoms with Crippen LogP contribution in [0.2, 0.25) is 0 Å². The van der Waals surface area contributed by atoms with Crippen LogP contribution in [0.1, 0.15) is 36.6 Å². The van der Waals surface area contributed by atoms with E-state index in [1.165, 1.54) is 0 Å². The first-order valence-electron chi connectivity index (χ1n) is 10.1. The minimum absolute atomic E-state index is 0.146. The highest BCUT2D eigenvalue weighted by molar-refractivity contribution is 6.10. The van der Waals surface area contributed by atoms with Crippen LogP contribution in [0.15, 0.2) is 109 Å². The molecule has 0 fully saturated rings. The lowest BCUT2D eigenvalue weighted by Crippen LogP contribution is -2.12. The highest BCUT2D eigenvalue weighted by Gasteiger charge is 2.11. The molecule has 4 aromatic rings. The second-order valence-corrected chi connectivity index (χ2v) is 7.12. The maximum atomic E-state index is 12.8. The Morgan fingerprint density at radius 2 is 0.750 bits per heavy atom. The number of nitrogens with one attached hydrogen (secondary N) is 2. The van der Waals surface area contributed by atoms with Gasteiger partial charge in [-0.15, -0.1) is 0 Å². The van der Waals surface area contributed by atoms with Crippen LogP contribution in [0, 0.1) is 0 Å². The largest absolute Gasteiger partial charge is 0.322 e. The van der Waals surface area contributed by atoms with Crippen LogP contribution in [0.5, 0.6) is 0 Å². The third kappa shape index (κ3) is 4.96. The zero-order chi connectivity index (χ0) is 22.3. The lowest BCUT2D eigenvalue weighted by Gasteiger charge is -2.08. The number of benzene rings is 4.